The fourth-order valence-corrected chi connectivity index (χ4v) is 3.71. The van der Waals surface area contributed by atoms with Crippen LogP contribution in [-0.2, 0) is 20.8 Å². The number of anilines is 2. The summed E-state index contributed by atoms with van der Waals surface area (Å²) in [6.07, 6.45) is 1.89. The van der Waals surface area contributed by atoms with Gasteiger partial charge in [0, 0.05) is 18.8 Å². The summed E-state index contributed by atoms with van der Waals surface area (Å²) in [5.41, 5.74) is 2.11. The molecule has 0 saturated carbocycles. The molecule has 0 aromatic heterocycles. The van der Waals surface area contributed by atoms with Crippen LogP contribution in [0.25, 0.3) is 0 Å². The highest BCUT2D eigenvalue weighted by Crippen LogP contribution is 2.31. The first kappa shape index (κ1) is 19.0. The van der Waals surface area contributed by atoms with Crippen molar-refractivity contribution in [1.29, 1.82) is 0 Å². The van der Waals surface area contributed by atoms with Gasteiger partial charge in [-0.3, -0.25) is 14.4 Å². The Morgan fingerprint density at radius 2 is 2.00 bits per heavy atom. The maximum atomic E-state index is 12.8. The number of rotatable bonds is 4. The standard InChI is InChI=1S/C22H23N3O4/c26-20-14-29-19-9-8-17(12-18(19)24-20)23-22(28)16-7-4-10-25(13-16)21(27)11-15-5-2-1-3-6-15/h1-3,5-6,8-9,12,16H,4,7,10-11,13-14H2,(H,23,28)(H,24,26)/t16-/m1/s1. The Morgan fingerprint density at radius 1 is 1.17 bits per heavy atom. The molecule has 3 amide bonds. The van der Waals surface area contributed by atoms with Gasteiger partial charge < -0.3 is 20.3 Å². The fraction of sp³-hybridized carbons (Fsp3) is 0.318. The molecule has 2 N–H and O–H groups in total. The van der Waals surface area contributed by atoms with Crippen molar-refractivity contribution in [3.8, 4) is 5.75 Å². The average molecular weight is 393 g/mol. The molecule has 7 nitrogen and oxygen atoms in total. The third-order valence-corrected chi connectivity index (χ3v) is 5.22. The Balaban J connectivity index is 1.37. The molecule has 0 spiro atoms. The molecule has 2 aromatic carbocycles. The van der Waals surface area contributed by atoms with E-state index in [4.69, 9.17) is 4.74 Å². The third kappa shape index (κ3) is 4.56. The molecule has 2 heterocycles. The van der Waals surface area contributed by atoms with Gasteiger partial charge in [0.05, 0.1) is 18.0 Å². The van der Waals surface area contributed by atoms with Crippen LogP contribution in [0.1, 0.15) is 18.4 Å². The van der Waals surface area contributed by atoms with E-state index in [2.05, 4.69) is 10.6 Å². The summed E-state index contributed by atoms with van der Waals surface area (Å²) >= 11 is 0. The molecule has 0 radical (unpaired) electrons. The van der Waals surface area contributed by atoms with Crippen molar-refractivity contribution in [2.24, 2.45) is 5.92 Å². The van der Waals surface area contributed by atoms with Crippen molar-refractivity contribution in [2.75, 3.05) is 30.3 Å². The van der Waals surface area contributed by atoms with Gasteiger partial charge in [-0.15, -0.1) is 0 Å². The Labute approximate surface area is 169 Å². The summed E-state index contributed by atoms with van der Waals surface area (Å²) in [6.45, 7) is 1.09. The number of hydrogen-bond donors (Lipinski definition) is 2. The number of benzene rings is 2. The van der Waals surface area contributed by atoms with E-state index in [0.717, 1.165) is 18.4 Å². The summed E-state index contributed by atoms with van der Waals surface area (Å²) in [4.78, 5) is 38.6. The lowest BCUT2D eigenvalue weighted by Gasteiger charge is -2.32. The average Bonchev–Trinajstić information content (AvgIpc) is 2.74. The largest absolute Gasteiger partial charge is 0.482 e. The van der Waals surface area contributed by atoms with Crippen molar-refractivity contribution in [1.82, 2.24) is 4.90 Å². The highest BCUT2D eigenvalue weighted by molar-refractivity contribution is 5.98. The number of piperidine rings is 1. The van der Waals surface area contributed by atoms with Crippen LogP contribution in [0, 0.1) is 5.92 Å². The number of likely N-dealkylation sites (tertiary alicyclic amines) is 1. The number of hydrogen-bond acceptors (Lipinski definition) is 4. The third-order valence-electron chi connectivity index (χ3n) is 5.22. The minimum atomic E-state index is -0.259. The van der Waals surface area contributed by atoms with Crippen LogP contribution >= 0.6 is 0 Å². The zero-order chi connectivity index (χ0) is 20.2. The van der Waals surface area contributed by atoms with E-state index in [1.807, 2.05) is 30.3 Å². The van der Waals surface area contributed by atoms with Crippen LogP contribution in [0.15, 0.2) is 48.5 Å². The maximum absolute atomic E-state index is 12.8. The number of ether oxygens (including phenoxy) is 1. The molecule has 0 aliphatic carbocycles. The number of amides is 3. The van der Waals surface area contributed by atoms with Gasteiger partial charge in [0.25, 0.3) is 5.91 Å². The molecule has 2 aliphatic rings. The second-order valence-corrected chi connectivity index (χ2v) is 7.38. The van der Waals surface area contributed by atoms with Gasteiger partial charge in [0.15, 0.2) is 6.61 Å². The number of carbonyl (C=O) groups excluding carboxylic acids is 3. The molecule has 7 heteroatoms. The Hall–Kier alpha value is -3.35. The maximum Gasteiger partial charge on any atom is 0.262 e. The van der Waals surface area contributed by atoms with E-state index in [1.165, 1.54) is 0 Å². The van der Waals surface area contributed by atoms with Crippen molar-refractivity contribution < 1.29 is 19.1 Å². The number of nitrogens with one attached hydrogen (secondary N) is 2. The number of fused-ring (bicyclic) bond motifs is 1. The highest BCUT2D eigenvalue weighted by atomic mass is 16.5. The molecule has 4 rings (SSSR count). The first-order valence-corrected chi connectivity index (χ1v) is 9.78. The zero-order valence-electron chi connectivity index (χ0n) is 16.0. The second kappa shape index (κ2) is 8.34. The van der Waals surface area contributed by atoms with Crippen LogP contribution < -0.4 is 15.4 Å². The van der Waals surface area contributed by atoms with Gasteiger partial charge in [-0.2, -0.15) is 0 Å². The number of nitrogens with zero attached hydrogens (tertiary/aromatic N) is 1. The molecule has 0 bridgehead atoms. The lowest BCUT2D eigenvalue weighted by atomic mass is 9.96. The predicted octanol–water partition coefficient (Wildman–Crippen LogP) is 2.44. The van der Waals surface area contributed by atoms with Gasteiger partial charge in [0.1, 0.15) is 5.75 Å². The summed E-state index contributed by atoms with van der Waals surface area (Å²) in [5, 5.41) is 5.63. The van der Waals surface area contributed by atoms with E-state index in [-0.39, 0.29) is 30.2 Å². The molecule has 1 saturated heterocycles. The van der Waals surface area contributed by atoms with Crippen molar-refractivity contribution >= 4 is 29.1 Å². The monoisotopic (exact) mass is 393 g/mol. The van der Waals surface area contributed by atoms with Gasteiger partial charge in [-0.1, -0.05) is 30.3 Å². The summed E-state index contributed by atoms with van der Waals surface area (Å²) in [7, 11) is 0. The molecule has 1 atom stereocenters. The van der Waals surface area contributed by atoms with Crippen molar-refractivity contribution in [3.05, 3.63) is 54.1 Å². The van der Waals surface area contributed by atoms with Gasteiger partial charge in [-0.25, -0.2) is 0 Å². The first-order valence-electron chi connectivity index (χ1n) is 9.78. The van der Waals surface area contributed by atoms with E-state index >= 15 is 0 Å². The highest BCUT2D eigenvalue weighted by Gasteiger charge is 2.28. The second-order valence-electron chi connectivity index (χ2n) is 7.38. The van der Waals surface area contributed by atoms with E-state index in [0.29, 0.717) is 36.6 Å². The molecular weight excluding hydrogens is 370 g/mol. The molecule has 1 fully saturated rings. The van der Waals surface area contributed by atoms with Gasteiger partial charge >= 0.3 is 0 Å². The molecule has 29 heavy (non-hydrogen) atoms. The Morgan fingerprint density at radius 3 is 2.83 bits per heavy atom. The fourth-order valence-electron chi connectivity index (χ4n) is 3.71. The van der Waals surface area contributed by atoms with Crippen LogP contribution in [0.4, 0.5) is 11.4 Å². The normalized spacial score (nSPS) is 18.3. The summed E-state index contributed by atoms with van der Waals surface area (Å²) < 4.78 is 5.33. The lowest BCUT2D eigenvalue weighted by Crippen LogP contribution is -2.44. The Bertz CT molecular complexity index is 929. The van der Waals surface area contributed by atoms with Crippen LogP contribution in [-0.4, -0.2) is 42.3 Å². The Kier molecular flexibility index (Phi) is 5.46. The molecule has 150 valence electrons. The van der Waals surface area contributed by atoms with Crippen LogP contribution in [0.2, 0.25) is 0 Å². The first-order chi connectivity index (χ1) is 14.1. The predicted molar refractivity (Wildman–Crippen MR) is 109 cm³/mol. The van der Waals surface area contributed by atoms with E-state index in [9.17, 15) is 14.4 Å². The molecule has 0 unspecified atom stereocenters. The SMILES string of the molecule is O=C1COc2ccc(NC(=O)[C@@H]3CCCN(C(=O)Cc4ccccc4)C3)cc2N1. The van der Waals surface area contributed by atoms with Crippen molar-refractivity contribution in [3.63, 3.8) is 0 Å². The summed E-state index contributed by atoms with van der Waals surface area (Å²) in [6, 6.07) is 14.8. The quantitative estimate of drug-likeness (QED) is 0.835. The molecular formula is C22H23N3O4. The molecule has 2 aromatic rings. The van der Waals surface area contributed by atoms with E-state index in [1.54, 1.807) is 23.1 Å². The topological polar surface area (TPSA) is 87.7 Å². The zero-order valence-corrected chi connectivity index (χ0v) is 16.0. The summed E-state index contributed by atoms with van der Waals surface area (Å²) in [5.74, 6) is 0.0247. The van der Waals surface area contributed by atoms with Crippen LogP contribution in [0.5, 0.6) is 5.75 Å². The number of carbonyl (C=O) groups is 3. The van der Waals surface area contributed by atoms with Gasteiger partial charge in [0.2, 0.25) is 11.8 Å². The van der Waals surface area contributed by atoms with Crippen molar-refractivity contribution in [2.45, 2.75) is 19.3 Å². The lowest BCUT2D eigenvalue weighted by molar-refractivity contribution is -0.134. The van der Waals surface area contributed by atoms with Crippen LogP contribution in [0.3, 0.4) is 0 Å². The smallest absolute Gasteiger partial charge is 0.262 e. The minimum Gasteiger partial charge on any atom is -0.482 e. The molecule has 2 aliphatic heterocycles. The van der Waals surface area contributed by atoms with Gasteiger partial charge in [-0.05, 0) is 36.6 Å². The van der Waals surface area contributed by atoms with E-state index < -0.39 is 0 Å². The minimum absolute atomic E-state index is 0.00632.